The lowest BCUT2D eigenvalue weighted by Crippen LogP contribution is -2.22. The van der Waals surface area contributed by atoms with E-state index < -0.39 is 10.0 Å². The van der Waals surface area contributed by atoms with Crippen LogP contribution in [-0.2, 0) is 23.1 Å². The van der Waals surface area contributed by atoms with Gasteiger partial charge in [-0.05, 0) is 36.9 Å². The van der Waals surface area contributed by atoms with Gasteiger partial charge in [0.2, 0.25) is 10.0 Å². The van der Waals surface area contributed by atoms with Gasteiger partial charge < -0.3 is 0 Å². The van der Waals surface area contributed by atoms with Gasteiger partial charge in [-0.15, -0.1) is 11.3 Å². The fourth-order valence-corrected chi connectivity index (χ4v) is 4.23. The van der Waals surface area contributed by atoms with Crippen molar-refractivity contribution in [2.75, 3.05) is 21.1 Å². The lowest BCUT2D eigenvalue weighted by molar-refractivity contribution is 0.321. The zero-order valence-electron chi connectivity index (χ0n) is 12.8. The molecule has 0 amide bonds. The zero-order valence-corrected chi connectivity index (χ0v) is 15.2. The third-order valence-corrected chi connectivity index (χ3v) is 6.21. The maximum absolute atomic E-state index is 12.2. The number of sulfonamides is 1. The van der Waals surface area contributed by atoms with Crippen LogP contribution in [0.5, 0.6) is 0 Å². The summed E-state index contributed by atoms with van der Waals surface area (Å²) in [5.41, 5.74) is 0.966. The Morgan fingerprint density at radius 3 is 2.41 bits per heavy atom. The first kappa shape index (κ1) is 17.4. The average Bonchev–Trinajstić information content (AvgIpc) is 2.84. The molecule has 1 aromatic heterocycles. The Morgan fingerprint density at radius 2 is 1.82 bits per heavy atom. The molecule has 0 aliphatic rings. The summed E-state index contributed by atoms with van der Waals surface area (Å²) in [7, 11) is 1.68. The Morgan fingerprint density at radius 1 is 1.09 bits per heavy atom. The van der Waals surface area contributed by atoms with Crippen LogP contribution in [0, 0.1) is 0 Å². The number of rotatable bonds is 6. The molecule has 0 fully saturated rings. The van der Waals surface area contributed by atoms with E-state index in [9.17, 15) is 8.42 Å². The summed E-state index contributed by atoms with van der Waals surface area (Å²) in [5, 5.41) is 0. The molecular formula is C15H19ClN2O2S2. The van der Waals surface area contributed by atoms with Gasteiger partial charge in [0.15, 0.2) is 0 Å². The first-order valence-electron chi connectivity index (χ1n) is 6.73. The van der Waals surface area contributed by atoms with E-state index in [2.05, 4.69) is 4.90 Å². The highest BCUT2D eigenvalue weighted by Gasteiger charge is 2.17. The van der Waals surface area contributed by atoms with E-state index in [4.69, 9.17) is 11.6 Å². The number of thiophene rings is 1. The lowest BCUT2D eigenvalue weighted by Gasteiger charge is -2.17. The topological polar surface area (TPSA) is 40.6 Å². The predicted octanol–water partition coefficient (Wildman–Crippen LogP) is 3.28. The molecule has 1 heterocycles. The van der Waals surface area contributed by atoms with Gasteiger partial charge in [0.25, 0.3) is 0 Å². The van der Waals surface area contributed by atoms with Gasteiger partial charge >= 0.3 is 0 Å². The van der Waals surface area contributed by atoms with E-state index in [1.165, 1.54) is 23.3 Å². The summed E-state index contributed by atoms with van der Waals surface area (Å²) in [6.45, 7) is 1.45. The fourth-order valence-electron chi connectivity index (χ4n) is 2.09. The van der Waals surface area contributed by atoms with Crippen molar-refractivity contribution < 1.29 is 8.42 Å². The van der Waals surface area contributed by atoms with E-state index in [0.717, 1.165) is 16.4 Å². The first-order valence-corrected chi connectivity index (χ1v) is 9.37. The summed E-state index contributed by atoms with van der Waals surface area (Å²) in [6, 6.07) is 11.0. The van der Waals surface area contributed by atoms with Crippen molar-refractivity contribution in [3.8, 4) is 0 Å². The largest absolute Gasteiger partial charge is 0.297 e. The molecule has 4 nitrogen and oxygen atoms in total. The lowest BCUT2D eigenvalue weighted by atomic mass is 10.2. The summed E-state index contributed by atoms with van der Waals surface area (Å²) >= 11 is 7.49. The second-order valence-electron chi connectivity index (χ2n) is 5.31. The van der Waals surface area contributed by atoms with Gasteiger partial charge in [-0.3, -0.25) is 4.90 Å². The van der Waals surface area contributed by atoms with Crippen molar-refractivity contribution >= 4 is 33.0 Å². The molecule has 2 aromatic rings. The molecule has 0 N–H and O–H groups in total. The molecule has 22 heavy (non-hydrogen) atoms. The number of nitrogens with zero attached hydrogens (tertiary/aromatic N) is 2. The number of hydrogen-bond acceptors (Lipinski definition) is 4. The van der Waals surface area contributed by atoms with E-state index in [-0.39, 0.29) is 0 Å². The molecule has 0 unspecified atom stereocenters. The van der Waals surface area contributed by atoms with Crippen LogP contribution >= 0.6 is 22.9 Å². The molecule has 0 aliphatic heterocycles. The SMILES string of the molecule is CN(Cc1cccc(S(=O)(=O)N(C)C)c1)Cc1ccc(Cl)s1. The first-order chi connectivity index (χ1) is 10.3. The number of hydrogen-bond donors (Lipinski definition) is 0. The monoisotopic (exact) mass is 358 g/mol. The molecule has 0 radical (unpaired) electrons. The molecule has 120 valence electrons. The van der Waals surface area contributed by atoms with Crippen molar-refractivity contribution in [3.05, 3.63) is 51.2 Å². The molecule has 2 rings (SSSR count). The summed E-state index contributed by atoms with van der Waals surface area (Å²) in [5.74, 6) is 0. The minimum atomic E-state index is -3.39. The fraction of sp³-hybridized carbons (Fsp3) is 0.333. The van der Waals surface area contributed by atoms with Crippen molar-refractivity contribution in [1.29, 1.82) is 0 Å². The molecule has 0 spiro atoms. The summed E-state index contributed by atoms with van der Waals surface area (Å²) in [6.07, 6.45) is 0. The Balaban J connectivity index is 2.10. The van der Waals surface area contributed by atoms with Crippen LogP contribution in [0.2, 0.25) is 4.34 Å². The highest BCUT2D eigenvalue weighted by Crippen LogP contribution is 2.23. The van der Waals surface area contributed by atoms with E-state index in [1.807, 2.05) is 25.2 Å². The van der Waals surface area contributed by atoms with Crippen LogP contribution in [0.25, 0.3) is 0 Å². The van der Waals surface area contributed by atoms with Crippen LogP contribution in [0.4, 0.5) is 0 Å². The highest BCUT2D eigenvalue weighted by molar-refractivity contribution is 7.89. The van der Waals surface area contributed by atoms with Crippen LogP contribution in [-0.4, -0.2) is 38.8 Å². The molecule has 7 heteroatoms. The normalized spacial score (nSPS) is 12.3. The maximum Gasteiger partial charge on any atom is 0.242 e. The van der Waals surface area contributed by atoms with E-state index >= 15 is 0 Å². The smallest absolute Gasteiger partial charge is 0.242 e. The van der Waals surface area contributed by atoms with Crippen molar-refractivity contribution in [2.45, 2.75) is 18.0 Å². The van der Waals surface area contributed by atoms with Gasteiger partial charge in [0.05, 0.1) is 9.23 Å². The Kier molecular flexibility index (Phi) is 5.63. The third kappa shape index (κ3) is 4.30. The highest BCUT2D eigenvalue weighted by atomic mass is 35.5. The standard InChI is InChI=1S/C15H19ClN2O2S2/c1-17(2)22(19,20)14-6-4-5-12(9-14)10-18(3)11-13-7-8-15(16)21-13/h4-9H,10-11H2,1-3H3. The Bertz CT molecular complexity index is 742. The third-order valence-electron chi connectivity index (χ3n) is 3.18. The van der Waals surface area contributed by atoms with Crippen LogP contribution in [0.15, 0.2) is 41.3 Å². The van der Waals surface area contributed by atoms with Crippen LogP contribution in [0.1, 0.15) is 10.4 Å². The van der Waals surface area contributed by atoms with Gasteiger partial charge in [-0.2, -0.15) is 0 Å². The second kappa shape index (κ2) is 7.10. The minimum Gasteiger partial charge on any atom is -0.297 e. The van der Waals surface area contributed by atoms with Crippen LogP contribution < -0.4 is 0 Å². The second-order valence-corrected chi connectivity index (χ2v) is 9.26. The van der Waals surface area contributed by atoms with Gasteiger partial charge in [-0.25, -0.2) is 12.7 Å². The van der Waals surface area contributed by atoms with Gasteiger partial charge in [0.1, 0.15) is 0 Å². The molecule has 0 bridgehead atoms. The number of halogens is 1. The maximum atomic E-state index is 12.2. The molecule has 0 saturated heterocycles. The molecule has 0 atom stereocenters. The quantitative estimate of drug-likeness (QED) is 0.795. The van der Waals surface area contributed by atoms with E-state index in [1.54, 1.807) is 29.5 Å². The average molecular weight is 359 g/mol. The molecular weight excluding hydrogens is 340 g/mol. The predicted molar refractivity (Wildman–Crippen MR) is 91.8 cm³/mol. The van der Waals surface area contributed by atoms with Gasteiger partial charge in [-0.1, -0.05) is 23.7 Å². The van der Waals surface area contributed by atoms with Crippen molar-refractivity contribution in [1.82, 2.24) is 9.21 Å². The molecule has 0 saturated carbocycles. The summed E-state index contributed by atoms with van der Waals surface area (Å²) in [4.78, 5) is 3.64. The Hall–Kier alpha value is -0.920. The minimum absolute atomic E-state index is 0.322. The van der Waals surface area contributed by atoms with E-state index in [0.29, 0.717) is 11.4 Å². The Labute approximate surface area is 141 Å². The van der Waals surface area contributed by atoms with Crippen LogP contribution in [0.3, 0.4) is 0 Å². The van der Waals surface area contributed by atoms with Crippen molar-refractivity contribution in [3.63, 3.8) is 0 Å². The van der Waals surface area contributed by atoms with Crippen molar-refractivity contribution in [2.24, 2.45) is 0 Å². The van der Waals surface area contributed by atoms with Gasteiger partial charge in [0, 0.05) is 32.1 Å². The zero-order chi connectivity index (χ0) is 16.3. The molecule has 1 aromatic carbocycles. The summed E-state index contributed by atoms with van der Waals surface area (Å²) < 4.78 is 26.3. The molecule has 0 aliphatic carbocycles. The number of benzene rings is 1.